The molecule has 0 unspecified atom stereocenters. The lowest BCUT2D eigenvalue weighted by atomic mass is 10.0. The number of aliphatic hydroxyl groups excluding tert-OH is 1. The average Bonchev–Trinajstić information content (AvgIpc) is 2.28. The van der Waals surface area contributed by atoms with Gasteiger partial charge in [-0.2, -0.15) is 0 Å². The highest BCUT2D eigenvalue weighted by Gasteiger charge is 2.23. The molecule has 3 nitrogen and oxygen atoms in total. The number of nitrogens with zero attached hydrogens (tertiary/aromatic N) is 1. The van der Waals surface area contributed by atoms with E-state index in [2.05, 4.69) is 0 Å². The third kappa shape index (κ3) is 2.36. The van der Waals surface area contributed by atoms with E-state index in [1.165, 1.54) is 0 Å². The van der Waals surface area contributed by atoms with Crippen molar-refractivity contribution >= 4 is 12.0 Å². The molecule has 0 heterocycles. The van der Waals surface area contributed by atoms with Crippen LogP contribution >= 0.6 is 0 Å². The summed E-state index contributed by atoms with van der Waals surface area (Å²) < 4.78 is 0. The Morgan fingerprint density at radius 1 is 1.40 bits per heavy atom. The van der Waals surface area contributed by atoms with Gasteiger partial charge in [0.25, 0.3) is 0 Å². The van der Waals surface area contributed by atoms with Crippen LogP contribution < -0.4 is 4.90 Å². The summed E-state index contributed by atoms with van der Waals surface area (Å²) in [5.74, 6) is 0. The van der Waals surface area contributed by atoms with Gasteiger partial charge in [-0.05, 0) is 26.0 Å². The van der Waals surface area contributed by atoms with Gasteiger partial charge in [0.2, 0.25) is 0 Å². The molecule has 0 fully saturated rings. The number of carbonyl (C=O) groups is 1. The van der Waals surface area contributed by atoms with Crippen LogP contribution in [0, 0.1) is 0 Å². The van der Waals surface area contributed by atoms with Crippen LogP contribution in [0.1, 0.15) is 24.2 Å². The second kappa shape index (κ2) is 4.45. The quantitative estimate of drug-likeness (QED) is 0.764. The smallest absolute Gasteiger partial charge is 0.152 e. The zero-order valence-electron chi connectivity index (χ0n) is 9.40. The number of carbonyl (C=O) groups excluding carboxylic acids is 1. The predicted octanol–water partition coefficient (Wildman–Crippen LogP) is 1.71. The van der Waals surface area contributed by atoms with Crippen molar-refractivity contribution in [2.45, 2.75) is 19.4 Å². The predicted molar refractivity (Wildman–Crippen MR) is 61.4 cm³/mol. The standard InChI is InChI=1S/C12H17NO2/c1-12(2,9-15)13(3)11-7-5-4-6-10(11)8-14/h4-8,15H,9H2,1-3H3. The summed E-state index contributed by atoms with van der Waals surface area (Å²) >= 11 is 0. The van der Waals surface area contributed by atoms with Crippen LogP contribution in [-0.4, -0.2) is 30.6 Å². The number of benzene rings is 1. The highest BCUT2D eigenvalue weighted by Crippen LogP contribution is 2.24. The zero-order valence-corrected chi connectivity index (χ0v) is 9.40. The van der Waals surface area contributed by atoms with Crippen LogP contribution in [0.2, 0.25) is 0 Å². The van der Waals surface area contributed by atoms with Crippen LogP contribution in [0.3, 0.4) is 0 Å². The maximum absolute atomic E-state index is 10.9. The van der Waals surface area contributed by atoms with Crippen LogP contribution in [0.5, 0.6) is 0 Å². The molecule has 3 heteroatoms. The SMILES string of the molecule is CN(c1ccccc1C=O)C(C)(C)CO. The van der Waals surface area contributed by atoms with Crippen molar-refractivity contribution in [3.05, 3.63) is 29.8 Å². The molecule has 1 aromatic rings. The molecule has 0 saturated heterocycles. The normalized spacial score (nSPS) is 11.2. The first-order chi connectivity index (χ1) is 7.03. The first-order valence-corrected chi connectivity index (χ1v) is 4.92. The molecule has 1 aromatic carbocycles. The molecule has 0 bridgehead atoms. The highest BCUT2D eigenvalue weighted by atomic mass is 16.3. The first-order valence-electron chi connectivity index (χ1n) is 4.92. The van der Waals surface area contributed by atoms with Crippen molar-refractivity contribution in [3.63, 3.8) is 0 Å². The first kappa shape index (κ1) is 11.7. The van der Waals surface area contributed by atoms with Crippen LogP contribution in [0.25, 0.3) is 0 Å². The summed E-state index contributed by atoms with van der Waals surface area (Å²) in [6, 6.07) is 7.35. The molecule has 15 heavy (non-hydrogen) atoms. The van der Waals surface area contributed by atoms with Gasteiger partial charge in [0, 0.05) is 18.3 Å². The summed E-state index contributed by atoms with van der Waals surface area (Å²) in [4.78, 5) is 12.8. The Kier molecular flexibility index (Phi) is 3.48. The maximum atomic E-state index is 10.9. The van der Waals surface area contributed by atoms with E-state index >= 15 is 0 Å². The second-order valence-corrected chi connectivity index (χ2v) is 4.21. The van der Waals surface area contributed by atoms with E-state index < -0.39 is 0 Å². The average molecular weight is 207 g/mol. The second-order valence-electron chi connectivity index (χ2n) is 4.21. The monoisotopic (exact) mass is 207 g/mol. The van der Waals surface area contributed by atoms with Crippen molar-refractivity contribution in [2.75, 3.05) is 18.6 Å². The number of likely N-dealkylation sites (N-methyl/N-ethyl adjacent to an activating group) is 1. The van der Waals surface area contributed by atoms with Crippen molar-refractivity contribution < 1.29 is 9.90 Å². The Labute approximate surface area is 90.3 Å². The number of hydrogen-bond acceptors (Lipinski definition) is 3. The Bertz CT molecular complexity index is 347. The topological polar surface area (TPSA) is 40.5 Å². The summed E-state index contributed by atoms with van der Waals surface area (Å²) in [5.41, 5.74) is 1.10. The lowest BCUT2D eigenvalue weighted by Crippen LogP contribution is -2.44. The van der Waals surface area contributed by atoms with Gasteiger partial charge in [0.15, 0.2) is 6.29 Å². The third-order valence-corrected chi connectivity index (χ3v) is 2.72. The molecule has 0 aromatic heterocycles. The number of anilines is 1. The highest BCUT2D eigenvalue weighted by molar-refractivity contribution is 5.84. The maximum Gasteiger partial charge on any atom is 0.152 e. The fourth-order valence-electron chi connectivity index (χ4n) is 1.32. The fraction of sp³-hybridized carbons (Fsp3) is 0.417. The minimum Gasteiger partial charge on any atom is -0.394 e. The molecule has 82 valence electrons. The van der Waals surface area contributed by atoms with Crippen LogP contribution in [0.4, 0.5) is 5.69 Å². The van der Waals surface area contributed by atoms with Crippen molar-refractivity contribution in [2.24, 2.45) is 0 Å². The number of rotatable bonds is 4. The van der Waals surface area contributed by atoms with E-state index in [9.17, 15) is 9.90 Å². The molecule has 1 rings (SSSR count). The van der Waals surface area contributed by atoms with E-state index in [-0.39, 0.29) is 12.1 Å². The minimum atomic E-state index is -0.376. The van der Waals surface area contributed by atoms with E-state index in [4.69, 9.17) is 0 Å². The molecule has 0 radical (unpaired) electrons. The molecular formula is C12H17NO2. The van der Waals surface area contributed by atoms with E-state index in [1.54, 1.807) is 6.07 Å². The largest absolute Gasteiger partial charge is 0.394 e. The molecule has 0 aliphatic heterocycles. The van der Waals surface area contributed by atoms with Crippen molar-refractivity contribution in [3.8, 4) is 0 Å². The fourth-order valence-corrected chi connectivity index (χ4v) is 1.32. The van der Waals surface area contributed by atoms with E-state index in [1.807, 2.05) is 44.0 Å². The Morgan fingerprint density at radius 2 is 2.00 bits per heavy atom. The Balaban J connectivity index is 3.10. The molecule has 0 aliphatic carbocycles. The molecule has 0 amide bonds. The zero-order chi connectivity index (χ0) is 11.5. The van der Waals surface area contributed by atoms with Crippen LogP contribution in [-0.2, 0) is 0 Å². The Morgan fingerprint density at radius 3 is 2.53 bits per heavy atom. The lowest BCUT2D eigenvalue weighted by Gasteiger charge is -2.36. The summed E-state index contributed by atoms with van der Waals surface area (Å²) in [6.07, 6.45) is 0.833. The number of hydrogen-bond donors (Lipinski definition) is 1. The van der Waals surface area contributed by atoms with E-state index in [0.29, 0.717) is 5.56 Å². The van der Waals surface area contributed by atoms with Gasteiger partial charge in [-0.3, -0.25) is 4.79 Å². The van der Waals surface area contributed by atoms with Crippen molar-refractivity contribution in [1.29, 1.82) is 0 Å². The van der Waals surface area contributed by atoms with Crippen LogP contribution in [0.15, 0.2) is 24.3 Å². The van der Waals surface area contributed by atoms with Crippen molar-refractivity contribution in [1.82, 2.24) is 0 Å². The van der Waals surface area contributed by atoms with Gasteiger partial charge in [0.05, 0.1) is 12.1 Å². The molecule has 0 atom stereocenters. The van der Waals surface area contributed by atoms with Gasteiger partial charge in [-0.25, -0.2) is 0 Å². The summed E-state index contributed by atoms with van der Waals surface area (Å²) in [5, 5.41) is 9.26. The Hall–Kier alpha value is -1.35. The van der Waals surface area contributed by atoms with Gasteiger partial charge >= 0.3 is 0 Å². The number of para-hydroxylation sites is 1. The third-order valence-electron chi connectivity index (χ3n) is 2.72. The van der Waals surface area contributed by atoms with Gasteiger partial charge in [-0.1, -0.05) is 12.1 Å². The van der Waals surface area contributed by atoms with Gasteiger partial charge in [0.1, 0.15) is 0 Å². The van der Waals surface area contributed by atoms with E-state index in [0.717, 1.165) is 12.0 Å². The number of aliphatic hydroxyl groups is 1. The van der Waals surface area contributed by atoms with Gasteiger partial charge < -0.3 is 10.0 Å². The molecule has 1 N–H and O–H groups in total. The molecule has 0 saturated carbocycles. The summed E-state index contributed by atoms with van der Waals surface area (Å²) in [7, 11) is 1.87. The molecule has 0 spiro atoms. The number of aldehydes is 1. The summed E-state index contributed by atoms with van der Waals surface area (Å²) in [6.45, 7) is 3.89. The molecular weight excluding hydrogens is 190 g/mol. The van der Waals surface area contributed by atoms with Gasteiger partial charge in [-0.15, -0.1) is 0 Å². The minimum absolute atomic E-state index is 0.0384. The molecule has 0 aliphatic rings. The lowest BCUT2D eigenvalue weighted by molar-refractivity contribution is 0.112.